The van der Waals surface area contributed by atoms with Crippen LogP contribution in [0.1, 0.15) is 17.5 Å². The number of carbonyl (C=O) groups excluding carboxylic acids is 1. The molecule has 0 fully saturated rings. The Kier molecular flexibility index (Phi) is 6.49. The van der Waals surface area contributed by atoms with Crippen LogP contribution in [0.15, 0.2) is 48.7 Å². The topological polar surface area (TPSA) is 65.4 Å². The van der Waals surface area contributed by atoms with E-state index in [4.69, 9.17) is 9.47 Å². The Hall–Kier alpha value is -3.35. The molecule has 152 valence electrons. The SMILES string of the molecule is COc1cccc(CNC(=O)CCc2cn(C)nc2-c2ccc(F)cc2)c1OC. The van der Waals surface area contributed by atoms with Gasteiger partial charge in [-0.25, -0.2) is 4.39 Å². The molecule has 1 N–H and O–H groups in total. The summed E-state index contributed by atoms with van der Waals surface area (Å²) >= 11 is 0. The number of carbonyl (C=O) groups is 1. The molecule has 1 heterocycles. The molecule has 0 atom stereocenters. The summed E-state index contributed by atoms with van der Waals surface area (Å²) in [5.74, 6) is 0.863. The molecule has 0 spiro atoms. The molecule has 1 amide bonds. The van der Waals surface area contributed by atoms with Gasteiger partial charge in [0.15, 0.2) is 11.5 Å². The summed E-state index contributed by atoms with van der Waals surface area (Å²) in [5, 5.41) is 7.37. The Morgan fingerprint density at radius 2 is 1.86 bits per heavy atom. The Labute approximate surface area is 169 Å². The van der Waals surface area contributed by atoms with Crippen LogP contribution in [-0.4, -0.2) is 29.9 Å². The van der Waals surface area contributed by atoms with E-state index in [1.54, 1.807) is 31.0 Å². The lowest BCUT2D eigenvalue weighted by atomic mass is 10.0. The van der Waals surface area contributed by atoms with Crippen molar-refractivity contribution in [2.75, 3.05) is 14.2 Å². The van der Waals surface area contributed by atoms with E-state index >= 15 is 0 Å². The first-order valence-electron chi connectivity index (χ1n) is 9.27. The number of halogens is 1. The summed E-state index contributed by atoms with van der Waals surface area (Å²) in [6.07, 6.45) is 2.73. The predicted molar refractivity (Wildman–Crippen MR) is 108 cm³/mol. The quantitative estimate of drug-likeness (QED) is 0.632. The van der Waals surface area contributed by atoms with Crippen molar-refractivity contribution in [3.8, 4) is 22.8 Å². The summed E-state index contributed by atoms with van der Waals surface area (Å²) in [5.41, 5.74) is 3.36. The third-order valence-corrected chi connectivity index (χ3v) is 4.60. The van der Waals surface area contributed by atoms with Crippen LogP contribution in [0, 0.1) is 5.82 Å². The molecular formula is C22H24FN3O3. The largest absolute Gasteiger partial charge is 0.493 e. The highest BCUT2D eigenvalue weighted by atomic mass is 19.1. The van der Waals surface area contributed by atoms with Crippen molar-refractivity contribution in [2.45, 2.75) is 19.4 Å². The fourth-order valence-corrected chi connectivity index (χ4v) is 3.19. The molecule has 3 aromatic rings. The van der Waals surface area contributed by atoms with E-state index in [0.29, 0.717) is 30.9 Å². The molecule has 6 nitrogen and oxygen atoms in total. The van der Waals surface area contributed by atoms with Crippen LogP contribution >= 0.6 is 0 Å². The number of aromatic nitrogens is 2. The Morgan fingerprint density at radius 3 is 2.55 bits per heavy atom. The van der Waals surface area contributed by atoms with Gasteiger partial charge in [0.2, 0.25) is 5.91 Å². The number of nitrogens with one attached hydrogen (secondary N) is 1. The fraction of sp³-hybridized carbons (Fsp3) is 0.273. The van der Waals surface area contributed by atoms with Gasteiger partial charge in [-0.1, -0.05) is 12.1 Å². The Morgan fingerprint density at radius 1 is 1.10 bits per heavy atom. The first kappa shape index (κ1) is 20.4. The van der Waals surface area contributed by atoms with Crippen LogP contribution in [0.4, 0.5) is 4.39 Å². The first-order valence-corrected chi connectivity index (χ1v) is 9.27. The van der Waals surface area contributed by atoms with Crippen molar-refractivity contribution in [1.29, 1.82) is 0 Å². The summed E-state index contributed by atoms with van der Waals surface area (Å²) in [4.78, 5) is 12.4. The zero-order chi connectivity index (χ0) is 20.8. The van der Waals surface area contributed by atoms with Gasteiger partial charge in [0.05, 0.1) is 19.9 Å². The first-order chi connectivity index (χ1) is 14.0. The average molecular weight is 397 g/mol. The third kappa shape index (κ3) is 4.93. The minimum atomic E-state index is -0.293. The van der Waals surface area contributed by atoms with Crippen molar-refractivity contribution < 1.29 is 18.7 Å². The van der Waals surface area contributed by atoms with E-state index in [9.17, 15) is 9.18 Å². The van der Waals surface area contributed by atoms with Crippen molar-refractivity contribution in [2.24, 2.45) is 7.05 Å². The summed E-state index contributed by atoms with van der Waals surface area (Å²) in [7, 11) is 4.97. The number of para-hydroxylation sites is 1. The molecule has 0 aliphatic heterocycles. The van der Waals surface area contributed by atoms with Crippen molar-refractivity contribution in [1.82, 2.24) is 15.1 Å². The number of ether oxygens (including phenoxy) is 2. The Balaban J connectivity index is 1.63. The van der Waals surface area contributed by atoms with Gasteiger partial charge in [0.1, 0.15) is 5.82 Å². The zero-order valence-corrected chi connectivity index (χ0v) is 16.7. The molecule has 0 saturated carbocycles. The van der Waals surface area contributed by atoms with Crippen LogP contribution in [0.25, 0.3) is 11.3 Å². The molecule has 3 rings (SSSR count). The van der Waals surface area contributed by atoms with E-state index in [1.807, 2.05) is 31.4 Å². The van der Waals surface area contributed by atoms with Crippen molar-refractivity contribution in [3.63, 3.8) is 0 Å². The number of nitrogens with zero attached hydrogens (tertiary/aromatic N) is 2. The smallest absolute Gasteiger partial charge is 0.220 e. The van der Waals surface area contributed by atoms with Gasteiger partial charge in [-0.15, -0.1) is 0 Å². The van der Waals surface area contributed by atoms with Crippen LogP contribution in [0.3, 0.4) is 0 Å². The molecule has 29 heavy (non-hydrogen) atoms. The van der Waals surface area contributed by atoms with Gasteiger partial charge in [-0.2, -0.15) is 5.10 Å². The monoisotopic (exact) mass is 397 g/mol. The number of aryl methyl sites for hydroxylation is 2. The van der Waals surface area contributed by atoms with Crippen LogP contribution in [0.5, 0.6) is 11.5 Å². The fourth-order valence-electron chi connectivity index (χ4n) is 3.19. The summed E-state index contributed by atoms with van der Waals surface area (Å²) < 4.78 is 25.6. The highest BCUT2D eigenvalue weighted by Gasteiger charge is 2.14. The number of hydrogen-bond donors (Lipinski definition) is 1. The molecule has 2 aromatic carbocycles. The number of methoxy groups -OCH3 is 2. The average Bonchev–Trinajstić information content (AvgIpc) is 3.11. The molecule has 0 bridgehead atoms. The second kappa shape index (κ2) is 9.23. The standard InChI is InChI=1S/C22H24FN3O3/c1-26-14-17(21(25-26)15-7-10-18(23)11-8-15)9-12-20(27)24-13-16-5-4-6-19(28-2)22(16)29-3/h4-8,10-11,14H,9,12-13H2,1-3H3,(H,24,27). The molecule has 0 aliphatic rings. The minimum absolute atomic E-state index is 0.0798. The second-order valence-corrected chi connectivity index (χ2v) is 6.61. The molecule has 7 heteroatoms. The second-order valence-electron chi connectivity index (χ2n) is 6.61. The van der Waals surface area contributed by atoms with Crippen LogP contribution in [0.2, 0.25) is 0 Å². The molecule has 0 aliphatic carbocycles. The van der Waals surface area contributed by atoms with Crippen molar-refractivity contribution in [3.05, 3.63) is 65.6 Å². The van der Waals surface area contributed by atoms with Gasteiger partial charge in [-0.05, 0) is 42.3 Å². The lowest BCUT2D eigenvalue weighted by Gasteiger charge is -2.13. The van der Waals surface area contributed by atoms with E-state index in [-0.39, 0.29) is 11.7 Å². The normalized spacial score (nSPS) is 10.6. The highest BCUT2D eigenvalue weighted by Crippen LogP contribution is 2.30. The third-order valence-electron chi connectivity index (χ3n) is 4.60. The van der Waals surface area contributed by atoms with Crippen molar-refractivity contribution >= 4 is 5.91 Å². The van der Waals surface area contributed by atoms with Gasteiger partial charge >= 0.3 is 0 Å². The number of benzene rings is 2. The zero-order valence-electron chi connectivity index (χ0n) is 16.7. The highest BCUT2D eigenvalue weighted by molar-refractivity contribution is 5.76. The van der Waals surface area contributed by atoms with E-state index in [0.717, 1.165) is 22.4 Å². The molecule has 0 radical (unpaired) electrons. The maximum atomic E-state index is 13.2. The van der Waals surface area contributed by atoms with E-state index in [1.165, 1.54) is 12.1 Å². The lowest BCUT2D eigenvalue weighted by molar-refractivity contribution is -0.121. The van der Waals surface area contributed by atoms with Gasteiger partial charge in [0, 0.05) is 37.3 Å². The summed E-state index contributed by atoms with van der Waals surface area (Å²) in [6, 6.07) is 11.7. The maximum absolute atomic E-state index is 13.2. The molecular weight excluding hydrogens is 373 g/mol. The predicted octanol–water partition coefficient (Wildman–Crippen LogP) is 3.49. The van der Waals surface area contributed by atoms with E-state index < -0.39 is 0 Å². The van der Waals surface area contributed by atoms with Gasteiger partial charge in [0.25, 0.3) is 0 Å². The lowest BCUT2D eigenvalue weighted by Crippen LogP contribution is -2.23. The molecule has 0 saturated heterocycles. The number of amides is 1. The minimum Gasteiger partial charge on any atom is -0.493 e. The number of hydrogen-bond acceptors (Lipinski definition) is 4. The summed E-state index contributed by atoms with van der Waals surface area (Å²) in [6.45, 7) is 0.344. The van der Waals surface area contributed by atoms with E-state index in [2.05, 4.69) is 10.4 Å². The van der Waals surface area contributed by atoms with Crippen LogP contribution < -0.4 is 14.8 Å². The van der Waals surface area contributed by atoms with Gasteiger partial charge < -0.3 is 14.8 Å². The Bertz CT molecular complexity index is 983. The van der Waals surface area contributed by atoms with Gasteiger partial charge in [-0.3, -0.25) is 9.48 Å². The molecule has 0 unspecified atom stereocenters. The van der Waals surface area contributed by atoms with Crippen LogP contribution in [-0.2, 0) is 24.8 Å². The number of rotatable bonds is 8. The molecule has 1 aromatic heterocycles. The maximum Gasteiger partial charge on any atom is 0.220 e.